The zero-order valence-corrected chi connectivity index (χ0v) is 23.6. The Balaban J connectivity index is 1.27. The number of allylic oxidation sites excluding steroid dienone is 6. The molecule has 7 rings (SSSR count). The zero-order chi connectivity index (χ0) is 29.3. The number of aryl methyl sites for hydroxylation is 1. The smallest absolute Gasteiger partial charge is 0.238 e. The fourth-order valence-electron chi connectivity index (χ4n) is 7.49. The second-order valence-electron chi connectivity index (χ2n) is 11.9. The summed E-state index contributed by atoms with van der Waals surface area (Å²) < 4.78 is 5.45. The van der Waals surface area contributed by atoms with Gasteiger partial charge < -0.3 is 14.7 Å². The van der Waals surface area contributed by atoms with Gasteiger partial charge in [0.2, 0.25) is 11.8 Å². The molecule has 0 radical (unpaired) electrons. The molecule has 0 aromatic heterocycles. The molecule has 0 spiro atoms. The average Bonchev–Trinajstić information content (AvgIpc) is 3.26. The number of amides is 2. The van der Waals surface area contributed by atoms with Crippen LogP contribution in [0.4, 0.5) is 11.4 Å². The Morgan fingerprint density at radius 1 is 0.881 bits per heavy atom. The number of hydrogen-bond acceptors (Lipinski definition) is 7. The van der Waals surface area contributed by atoms with Crippen molar-refractivity contribution in [2.24, 2.45) is 17.8 Å². The highest BCUT2D eigenvalue weighted by Gasteiger charge is 2.56. The van der Waals surface area contributed by atoms with Crippen molar-refractivity contribution in [1.29, 1.82) is 0 Å². The van der Waals surface area contributed by atoms with Gasteiger partial charge in [-0.05, 0) is 80.1 Å². The molecular weight excluding hydrogens is 532 g/mol. The molecule has 0 bridgehead atoms. The van der Waals surface area contributed by atoms with Crippen molar-refractivity contribution in [2.45, 2.75) is 32.6 Å². The van der Waals surface area contributed by atoms with Crippen LogP contribution in [0.2, 0.25) is 0 Å². The number of fused-ring (bicyclic) bond motifs is 3. The average molecular weight is 565 g/mol. The van der Waals surface area contributed by atoms with Gasteiger partial charge in [0, 0.05) is 41.4 Å². The van der Waals surface area contributed by atoms with Crippen molar-refractivity contribution in [3.63, 3.8) is 0 Å². The Morgan fingerprint density at radius 3 is 2.31 bits per heavy atom. The van der Waals surface area contributed by atoms with Crippen molar-refractivity contribution in [3.8, 4) is 5.75 Å². The zero-order valence-electron chi connectivity index (χ0n) is 23.6. The number of ketones is 2. The molecule has 8 heteroatoms. The molecule has 4 atom stereocenters. The van der Waals surface area contributed by atoms with Crippen molar-refractivity contribution in [2.75, 3.05) is 36.1 Å². The van der Waals surface area contributed by atoms with Crippen LogP contribution in [0.3, 0.4) is 0 Å². The maximum atomic E-state index is 14.1. The first-order valence-corrected chi connectivity index (χ1v) is 14.5. The molecule has 2 fully saturated rings. The molecule has 1 N–H and O–H groups in total. The number of ether oxygens (including phenoxy) is 1. The summed E-state index contributed by atoms with van der Waals surface area (Å²) in [5, 5.41) is 10.2. The first-order chi connectivity index (χ1) is 20.2. The van der Waals surface area contributed by atoms with E-state index >= 15 is 0 Å². The summed E-state index contributed by atoms with van der Waals surface area (Å²) in [5.41, 5.74) is 5.19. The largest absolute Gasteiger partial charge is 0.508 e. The number of carbonyl (C=O) groups is 4. The van der Waals surface area contributed by atoms with Gasteiger partial charge in [-0.2, -0.15) is 0 Å². The first kappa shape index (κ1) is 26.6. The number of nitrogens with zero attached hydrogens (tertiary/aromatic N) is 2. The molecule has 8 nitrogen and oxygen atoms in total. The van der Waals surface area contributed by atoms with Crippen LogP contribution in [0.25, 0.3) is 0 Å². The lowest BCUT2D eigenvalue weighted by atomic mass is 9.59. The summed E-state index contributed by atoms with van der Waals surface area (Å²) in [5.74, 6) is -2.78. The molecular formula is C34H32N2O6. The number of morpholine rings is 1. The van der Waals surface area contributed by atoms with E-state index in [4.69, 9.17) is 4.74 Å². The minimum atomic E-state index is -0.624. The van der Waals surface area contributed by atoms with Gasteiger partial charge in [-0.25, -0.2) is 0 Å². The molecule has 5 aliphatic rings. The Bertz CT molecular complexity index is 1640. The quantitative estimate of drug-likeness (QED) is 0.339. The molecule has 3 aliphatic carbocycles. The molecule has 2 saturated heterocycles. The number of hydrogen-bond donors (Lipinski definition) is 1. The van der Waals surface area contributed by atoms with Crippen LogP contribution in [0, 0.1) is 24.7 Å². The number of phenols is 1. The third kappa shape index (κ3) is 4.00. The van der Waals surface area contributed by atoms with Gasteiger partial charge >= 0.3 is 0 Å². The van der Waals surface area contributed by atoms with E-state index in [-0.39, 0.29) is 41.5 Å². The molecule has 2 aromatic rings. The number of rotatable bonds is 3. The van der Waals surface area contributed by atoms with E-state index in [0.717, 1.165) is 29.9 Å². The standard InChI is InChI=1S/C34H32N2O6/c1-18-15-20(3-10-27(18)37)29-23-8-9-24-30(25(23)17-26-28(38)16-19(2)32(39)31(26)29)34(41)36(33(24)40)22-6-4-21(5-7-22)35-11-13-42-14-12-35/h3-8,10,15-16,24-25,29-30,37H,9,11-14,17H2,1-2H3/t24-,25+,29-,30-/m0/s1. The van der Waals surface area contributed by atoms with E-state index in [0.29, 0.717) is 47.6 Å². The fraction of sp³-hybridized carbons (Fsp3) is 0.353. The number of carbonyl (C=O) groups excluding carboxylic acids is 4. The maximum absolute atomic E-state index is 14.1. The van der Waals surface area contributed by atoms with Crippen LogP contribution in [0.5, 0.6) is 5.75 Å². The molecule has 2 heterocycles. The van der Waals surface area contributed by atoms with Crippen LogP contribution in [-0.2, 0) is 23.9 Å². The molecule has 2 amide bonds. The van der Waals surface area contributed by atoms with Crippen LogP contribution in [-0.4, -0.2) is 54.8 Å². The van der Waals surface area contributed by atoms with Crippen LogP contribution in [0.1, 0.15) is 36.8 Å². The highest BCUT2D eigenvalue weighted by molar-refractivity contribution is 6.25. The summed E-state index contributed by atoms with van der Waals surface area (Å²) in [6.45, 7) is 6.35. The lowest BCUT2D eigenvalue weighted by molar-refractivity contribution is -0.123. The lowest BCUT2D eigenvalue weighted by Crippen LogP contribution is -2.39. The van der Waals surface area contributed by atoms with E-state index in [1.54, 1.807) is 26.0 Å². The molecule has 0 unspecified atom stereocenters. The fourth-order valence-corrected chi connectivity index (χ4v) is 7.49. The summed E-state index contributed by atoms with van der Waals surface area (Å²) in [6.07, 6.45) is 4.03. The number of phenolic OH excluding ortho intramolecular Hbond substituents is 1. The van der Waals surface area contributed by atoms with E-state index in [2.05, 4.69) is 4.90 Å². The number of anilines is 2. The molecule has 2 aliphatic heterocycles. The van der Waals surface area contributed by atoms with Crippen LogP contribution in [0.15, 0.2) is 76.9 Å². The van der Waals surface area contributed by atoms with Gasteiger partial charge in [-0.15, -0.1) is 0 Å². The SMILES string of the molecule is CC1=CC(=O)C2=C(C1=O)[C@@H](c1ccc(O)c(C)c1)C1=CC[C@@H]3C(=O)N(c4ccc(N5CCOCC5)cc4)C(=O)[C@@H]3[C@@H]1C2. The second-order valence-corrected chi connectivity index (χ2v) is 11.9. The minimum absolute atomic E-state index is 0.145. The molecule has 42 heavy (non-hydrogen) atoms. The monoisotopic (exact) mass is 564 g/mol. The normalized spacial score (nSPS) is 27.5. The van der Waals surface area contributed by atoms with E-state index in [1.807, 2.05) is 36.4 Å². The predicted molar refractivity (Wildman–Crippen MR) is 156 cm³/mol. The van der Waals surface area contributed by atoms with E-state index < -0.39 is 17.8 Å². The van der Waals surface area contributed by atoms with Crippen LogP contribution >= 0.6 is 0 Å². The van der Waals surface area contributed by atoms with Crippen LogP contribution < -0.4 is 9.80 Å². The van der Waals surface area contributed by atoms with Crippen molar-refractivity contribution in [3.05, 3.63) is 88.0 Å². The van der Waals surface area contributed by atoms with E-state index in [9.17, 15) is 24.3 Å². The Kier molecular flexibility index (Phi) is 6.27. The van der Waals surface area contributed by atoms with Crippen molar-refractivity contribution < 1.29 is 29.0 Å². The topological polar surface area (TPSA) is 104 Å². The van der Waals surface area contributed by atoms with Crippen molar-refractivity contribution >= 4 is 34.8 Å². The predicted octanol–water partition coefficient (Wildman–Crippen LogP) is 4.17. The Labute approximate surface area is 243 Å². The number of aromatic hydroxyl groups is 1. The number of imide groups is 1. The summed E-state index contributed by atoms with van der Waals surface area (Å²) in [4.78, 5) is 58.3. The maximum Gasteiger partial charge on any atom is 0.238 e. The molecule has 2 aromatic carbocycles. The summed E-state index contributed by atoms with van der Waals surface area (Å²) in [6, 6.07) is 12.8. The number of Topliss-reactive ketones (excluding diaryl/α,β-unsaturated/α-hetero) is 1. The van der Waals surface area contributed by atoms with Gasteiger partial charge in [0.1, 0.15) is 5.75 Å². The summed E-state index contributed by atoms with van der Waals surface area (Å²) in [7, 11) is 0. The molecule has 0 saturated carbocycles. The van der Waals surface area contributed by atoms with Gasteiger partial charge in [0.25, 0.3) is 0 Å². The van der Waals surface area contributed by atoms with Gasteiger partial charge in [-0.1, -0.05) is 23.8 Å². The Hall–Kier alpha value is -4.30. The third-order valence-electron chi connectivity index (χ3n) is 9.60. The molecule has 214 valence electrons. The van der Waals surface area contributed by atoms with Gasteiger partial charge in [0.05, 0.1) is 30.7 Å². The number of benzene rings is 2. The highest BCUT2D eigenvalue weighted by Crippen LogP contribution is 2.55. The highest BCUT2D eigenvalue weighted by atomic mass is 16.5. The lowest BCUT2D eigenvalue weighted by Gasteiger charge is -2.42. The van der Waals surface area contributed by atoms with Crippen molar-refractivity contribution in [1.82, 2.24) is 0 Å². The van der Waals surface area contributed by atoms with E-state index in [1.165, 1.54) is 11.0 Å². The minimum Gasteiger partial charge on any atom is -0.508 e. The Morgan fingerprint density at radius 2 is 1.60 bits per heavy atom. The van der Waals surface area contributed by atoms with Gasteiger partial charge in [0.15, 0.2) is 11.6 Å². The third-order valence-corrected chi connectivity index (χ3v) is 9.60. The second kappa shape index (κ2) is 9.91. The summed E-state index contributed by atoms with van der Waals surface area (Å²) >= 11 is 0. The van der Waals surface area contributed by atoms with Gasteiger partial charge in [-0.3, -0.25) is 24.1 Å². The first-order valence-electron chi connectivity index (χ1n) is 14.5.